The van der Waals surface area contributed by atoms with E-state index in [0.29, 0.717) is 0 Å². The molecule has 2 nitrogen and oxygen atoms in total. The Hall–Kier alpha value is -4.15. The van der Waals surface area contributed by atoms with Gasteiger partial charge in [0.2, 0.25) is 0 Å². The minimum absolute atomic E-state index is 0. The van der Waals surface area contributed by atoms with E-state index in [-0.39, 0.29) is 19.5 Å². The van der Waals surface area contributed by atoms with Crippen LogP contribution in [0, 0.1) is 24.7 Å². The number of halogens is 4. The topological polar surface area (TPSA) is 52.0 Å². The summed E-state index contributed by atoms with van der Waals surface area (Å²) < 4.78 is 39.0. The Morgan fingerprint density at radius 1 is 0.438 bits per heavy atom. The van der Waals surface area contributed by atoms with Gasteiger partial charge in [-0.25, -0.2) is 0 Å². The van der Waals surface area contributed by atoms with Gasteiger partial charge in [-0.05, 0) is 83.3 Å². The molecule has 0 aliphatic heterocycles. The number of fused-ring (bicyclic) bond motifs is 2. The molecule has 48 heavy (non-hydrogen) atoms. The number of hydrogen-bond donors (Lipinski definition) is 2. The molecule has 0 aromatic heterocycles. The van der Waals surface area contributed by atoms with E-state index in [2.05, 4.69) is 110 Å². The molecule has 8 heteroatoms. The summed E-state index contributed by atoms with van der Waals surface area (Å²) in [7, 11) is -6.00. The predicted octanol–water partition coefficient (Wildman–Crippen LogP) is 11.3. The molecule has 6 aromatic carbocycles. The second kappa shape index (κ2) is 17.3. The van der Waals surface area contributed by atoms with Crippen LogP contribution in [-0.2, 0) is 19.5 Å². The third-order valence-corrected chi connectivity index (χ3v) is 8.07. The summed E-state index contributed by atoms with van der Waals surface area (Å²) in [4.78, 5) is 0. The molecule has 0 saturated heterocycles. The van der Waals surface area contributed by atoms with Gasteiger partial charge in [0.15, 0.2) is 0 Å². The monoisotopic (exact) mass is 734 g/mol. The zero-order chi connectivity index (χ0) is 33.2. The fraction of sp³-hybridized carbons (Fsp3) is 0.100. The van der Waals surface area contributed by atoms with Crippen LogP contribution in [0.2, 0.25) is 0 Å². The number of anilines is 2. The van der Waals surface area contributed by atoms with Crippen molar-refractivity contribution in [3.05, 3.63) is 169 Å². The molecule has 6 aromatic rings. The Bertz CT molecular complexity index is 1740. The van der Waals surface area contributed by atoms with E-state index in [1.165, 1.54) is 33.7 Å². The van der Waals surface area contributed by atoms with Crippen molar-refractivity contribution in [3.63, 3.8) is 0 Å². The van der Waals surface area contributed by atoms with Gasteiger partial charge in [-0.1, -0.05) is 121 Å². The Morgan fingerprint density at radius 2 is 0.771 bits per heavy atom. The summed E-state index contributed by atoms with van der Waals surface area (Å²) in [5.74, 6) is 2.99. The minimum atomic E-state index is -6.00. The second-order valence-corrected chi connectivity index (χ2v) is 11.3. The molecule has 7 rings (SSSR count). The molecule has 0 unspecified atom stereocenters. The van der Waals surface area contributed by atoms with Crippen LogP contribution in [0.25, 0.3) is 32.7 Å². The van der Waals surface area contributed by atoms with Gasteiger partial charge in [-0.3, -0.25) is 0 Å². The van der Waals surface area contributed by atoms with Crippen molar-refractivity contribution in [2.24, 2.45) is 0 Å². The van der Waals surface area contributed by atoms with Crippen LogP contribution < -0.4 is 11.5 Å². The molecule has 0 atom stereocenters. The number of benzene rings is 6. The van der Waals surface area contributed by atoms with Gasteiger partial charge in [0.1, 0.15) is 0 Å². The molecule has 1 aliphatic rings. The van der Waals surface area contributed by atoms with E-state index in [4.69, 9.17) is 11.5 Å². The van der Waals surface area contributed by atoms with Crippen molar-refractivity contribution in [3.8, 4) is 11.1 Å². The van der Waals surface area contributed by atoms with Gasteiger partial charge < -0.3 is 28.7 Å². The van der Waals surface area contributed by atoms with Crippen molar-refractivity contribution in [1.29, 1.82) is 0 Å². The Morgan fingerprint density at radius 3 is 1.15 bits per heavy atom. The number of nitrogens with two attached hydrogens (primary N) is 2. The number of rotatable bonds is 3. The number of nitrogen functional groups attached to an aromatic ring is 2. The van der Waals surface area contributed by atoms with Gasteiger partial charge in [0, 0.05) is 53.8 Å². The molecular weight excluding hydrogens is 698 g/mol. The van der Waals surface area contributed by atoms with Crippen LogP contribution in [0.15, 0.2) is 133 Å². The van der Waals surface area contributed by atoms with E-state index >= 15 is 0 Å². The summed E-state index contributed by atoms with van der Waals surface area (Å²) >= 11 is 0. The van der Waals surface area contributed by atoms with E-state index in [1.807, 2.05) is 36.4 Å². The van der Waals surface area contributed by atoms with Gasteiger partial charge >= 0.3 is 7.25 Å². The standard InChI is InChI=1S/C20H16N2.C20H20.BF4.Rh/c21-17-11-9-13-5-1-3-7-15(13)19(17)20-16-8-4-2-6-14(16)10-12-18(20)22;1-3-9-17(10-4-1)19-13-7-15-20(16-8-14-19)18-11-5-2-6-12-18;2-1(3,4)5;/h1-12H,21-22H2;1-6,9-13,16H,7-8,14-15H2;;/q;;-1;. The van der Waals surface area contributed by atoms with E-state index in [9.17, 15) is 17.3 Å². The third-order valence-electron chi connectivity index (χ3n) is 8.07. The van der Waals surface area contributed by atoms with Crippen LogP contribution in [-0.4, -0.2) is 7.25 Å². The first-order chi connectivity index (χ1) is 22.7. The first kappa shape index (κ1) is 36.7. The Kier molecular flexibility index (Phi) is 13.2. The summed E-state index contributed by atoms with van der Waals surface area (Å²) in [5, 5.41) is 4.59. The SMILES string of the molecule is F[B-](F)(F)F.Nc1ccc2ccccc2c1-c1c(N)ccc2ccccc12.[CH]1CC[C](c2ccccc2)[CH]CC[C]1c1ccccc1.[Rh]. The Labute approximate surface area is 293 Å². The van der Waals surface area contributed by atoms with Gasteiger partial charge in [0.05, 0.1) is 0 Å². The molecule has 1 saturated carbocycles. The normalized spacial score (nSPS) is 14.0. The summed E-state index contributed by atoms with van der Waals surface area (Å²) in [5.41, 5.74) is 18.9. The van der Waals surface area contributed by atoms with Crippen molar-refractivity contribution >= 4 is 40.2 Å². The largest absolute Gasteiger partial charge is 0.673 e. The molecule has 0 bridgehead atoms. The van der Waals surface area contributed by atoms with Gasteiger partial charge in [0.25, 0.3) is 0 Å². The van der Waals surface area contributed by atoms with Crippen LogP contribution in [0.5, 0.6) is 0 Å². The van der Waals surface area contributed by atoms with E-state index < -0.39 is 7.25 Å². The smallest absolute Gasteiger partial charge is 0.418 e. The first-order valence-electron chi connectivity index (χ1n) is 15.6. The van der Waals surface area contributed by atoms with E-state index in [0.717, 1.165) is 59.0 Å². The van der Waals surface area contributed by atoms with Crippen LogP contribution >= 0.6 is 0 Å². The molecule has 0 heterocycles. The predicted molar refractivity (Wildman–Crippen MR) is 191 cm³/mol. The molecule has 0 amide bonds. The maximum Gasteiger partial charge on any atom is 0.673 e. The van der Waals surface area contributed by atoms with Crippen LogP contribution in [0.1, 0.15) is 36.8 Å². The second-order valence-electron chi connectivity index (χ2n) is 11.3. The van der Waals surface area contributed by atoms with Crippen molar-refractivity contribution in [2.45, 2.75) is 25.7 Å². The molecule has 1 aliphatic carbocycles. The van der Waals surface area contributed by atoms with Crippen molar-refractivity contribution < 1.29 is 36.7 Å². The third kappa shape index (κ3) is 9.93. The summed E-state index contributed by atoms with van der Waals surface area (Å²) in [6, 6.07) is 46.1. The molecule has 0 spiro atoms. The maximum atomic E-state index is 9.75. The maximum absolute atomic E-state index is 9.75. The van der Waals surface area contributed by atoms with Crippen molar-refractivity contribution in [2.75, 3.05) is 11.5 Å². The molecule has 5 radical (unpaired) electrons. The zero-order valence-corrected chi connectivity index (χ0v) is 27.9. The number of hydrogen-bond acceptors (Lipinski definition) is 2. The molecule has 247 valence electrons. The zero-order valence-electron chi connectivity index (χ0n) is 26.3. The van der Waals surface area contributed by atoms with E-state index in [1.54, 1.807) is 0 Å². The summed E-state index contributed by atoms with van der Waals surface area (Å²) in [6.45, 7) is 0. The van der Waals surface area contributed by atoms with Crippen LogP contribution in [0.4, 0.5) is 28.6 Å². The first-order valence-corrected chi connectivity index (χ1v) is 15.6. The van der Waals surface area contributed by atoms with Gasteiger partial charge in [-0.15, -0.1) is 0 Å². The fourth-order valence-corrected chi connectivity index (χ4v) is 5.97. The van der Waals surface area contributed by atoms with Crippen molar-refractivity contribution in [1.82, 2.24) is 0 Å². The van der Waals surface area contributed by atoms with Gasteiger partial charge in [-0.2, -0.15) is 0 Å². The molecule has 4 N–H and O–H groups in total. The van der Waals surface area contributed by atoms with Crippen LogP contribution in [0.3, 0.4) is 0 Å². The summed E-state index contributed by atoms with van der Waals surface area (Å²) in [6.07, 6.45) is 9.38. The Balaban J connectivity index is 0.000000188. The average molecular weight is 734 g/mol. The quantitative estimate of drug-likeness (QED) is 0.108. The molecular formula is C40H36BF4N2Rh-. The minimum Gasteiger partial charge on any atom is -0.418 e. The average Bonchev–Trinajstić information content (AvgIpc) is 3.06. The molecule has 1 fully saturated rings. The fourth-order valence-electron chi connectivity index (χ4n) is 5.97.